The molecule has 0 aliphatic heterocycles. The van der Waals surface area contributed by atoms with Gasteiger partial charge in [-0.15, -0.1) is 10.2 Å². The van der Waals surface area contributed by atoms with E-state index in [1.807, 2.05) is 61.0 Å². The van der Waals surface area contributed by atoms with Crippen molar-refractivity contribution in [2.24, 2.45) is 7.05 Å². The average Bonchev–Trinajstić information content (AvgIpc) is 3.44. The predicted octanol–water partition coefficient (Wildman–Crippen LogP) is 4.43. The second-order valence-corrected chi connectivity index (χ2v) is 10.6. The van der Waals surface area contributed by atoms with E-state index in [1.165, 1.54) is 6.33 Å². The Bertz CT molecular complexity index is 1510. The third-order valence-corrected chi connectivity index (χ3v) is 7.08. The summed E-state index contributed by atoms with van der Waals surface area (Å²) in [5, 5.41) is 23.4. The number of rotatable bonds is 20. The summed E-state index contributed by atoms with van der Waals surface area (Å²) in [5.74, 6) is 1.03. The molecule has 0 aliphatic carbocycles. The number of carbonyl (C=O) groups is 2. The fraction of sp³-hybridized carbons (Fsp3) is 0.394. The standard InChI is InChI=1S/C33H41N7O6/c1-24(25-10-12-28(13-11-25)46-19-5-3-4-16-44-17-7-18-45-22-31(41)42)37-33(43)26-8-6-9-27(20-26)35-21-30-38-39-32(40(30)2)29-14-15-34-23-36-29/h6,8-15,20,23-24,35H,3-5,7,16-19,21-22H2,1-2H3,(H,37,43)(H,41,42)/t24-/m0/s1. The molecule has 0 bridgehead atoms. The molecule has 2 aromatic carbocycles. The molecule has 13 heteroatoms. The monoisotopic (exact) mass is 631 g/mol. The molecule has 4 aromatic rings. The first kappa shape index (κ1) is 34.0. The normalized spacial score (nSPS) is 11.6. The number of hydrogen-bond acceptors (Lipinski definition) is 10. The molecule has 0 unspecified atom stereocenters. The summed E-state index contributed by atoms with van der Waals surface area (Å²) in [6.07, 6.45) is 6.65. The van der Waals surface area contributed by atoms with E-state index in [9.17, 15) is 9.59 Å². The highest BCUT2D eigenvalue weighted by atomic mass is 16.5. The Morgan fingerprint density at radius 3 is 2.50 bits per heavy atom. The van der Waals surface area contributed by atoms with E-state index in [0.717, 1.165) is 42.1 Å². The SMILES string of the molecule is C[C@H](NC(=O)c1cccc(NCc2nnc(-c3ccncn3)n2C)c1)c1ccc(OCCCCCOCCCOCC(=O)O)cc1. The number of aromatic nitrogens is 5. The van der Waals surface area contributed by atoms with Gasteiger partial charge in [-0.2, -0.15) is 0 Å². The Morgan fingerprint density at radius 2 is 1.72 bits per heavy atom. The highest BCUT2D eigenvalue weighted by Gasteiger charge is 2.14. The first-order valence-corrected chi connectivity index (χ1v) is 15.3. The molecule has 2 aromatic heterocycles. The molecule has 0 radical (unpaired) electrons. The van der Waals surface area contributed by atoms with Gasteiger partial charge in [0.05, 0.1) is 19.2 Å². The minimum Gasteiger partial charge on any atom is -0.494 e. The molecular weight excluding hydrogens is 590 g/mol. The third-order valence-electron chi connectivity index (χ3n) is 7.08. The van der Waals surface area contributed by atoms with Crippen LogP contribution < -0.4 is 15.4 Å². The predicted molar refractivity (Wildman–Crippen MR) is 171 cm³/mol. The quantitative estimate of drug-likeness (QED) is 0.118. The van der Waals surface area contributed by atoms with Gasteiger partial charge in [0.15, 0.2) is 11.6 Å². The molecule has 13 nitrogen and oxygen atoms in total. The summed E-state index contributed by atoms with van der Waals surface area (Å²) in [5.41, 5.74) is 3.01. The van der Waals surface area contributed by atoms with Gasteiger partial charge < -0.3 is 34.5 Å². The van der Waals surface area contributed by atoms with Crippen LogP contribution in [0.15, 0.2) is 67.1 Å². The van der Waals surface area contributed by atoms with Gasteiger partial charge in [0.2, 0.25) is 0 Å². The van der Waals surface area contributed by atoms with Gasteiger partial charge in [-0.05, 0) is 74.6 Å². The zero-order valence-electron chi connectivity index (χ0n) is 26.2. The Kier molecular flexibility index (Phi) is 13.4. The van der Waals surface area contributed by atoms with E-state index in [1.54, 1.807) is 18.3 Å². The van der Waals surface area contributed by atoms with Crippen LogP contribution in [0.2, 0.25) is 0 Å². The lowest BCUT2D eigenvalue weighted by Crippen LogP contribution is -2.26. The van der Waals surface area contributed by atoms with E-state index in [2.05, 4.69) is 30.8 Å². The Labute approximate surface area is 268 Å². The summed E-state index contributed by atoms with van der Waals surface area (Å²) < 4.78 is 18.2. The van der Waals surface area contributed by atoms with Crippen molar-refractivity contribution in [1.82, 2.24) is 30.0 Å². The number of amides is 1. The number of nitrogens with zero attached hydrogens (tertiary/aromatic N) is 5. The van der Waals surface area contributed by atoms with Gasteiger partial charge in [0.1, 0.15) is 24.4 Å². The maximum absolute atomic E-state index is 13.1. The van der Waals surface area contributed by atoms with Crippen molar-refractivity contribution in [2.45, 2.75) is 45.2 Å². The maximum atomic E-state index is 13.1. The topological polar surface area (TPSA) is 163 Å². The van der Waals surface area contributed by atoms with Crippen LogP contribution in [0, 0.1) is 0 Å². The fourth-order valence-electron chi connectivity index (χ4n) is 4.53. The summed E-state index contributed by atoms with van der Waals surface area (Å²) >= 11 is 0. The number of benzene rings is 2. The summed E-state index contributed by atoms with van der Waals surface area (Å²) in [6.45, 7) is 4.32. The summed E-state index contributed by atoms with van der Waals surface area (Å²) in [4.78, 5) is 31.6. The highest BCUT2D eigenvalue weighted by Crippen LogP contribution is 2.20. The van der Waals surface area contributed by atoms with Crippen molar-refractivity contribution >= 4 is 17.6 Å². The summed E-state index contributed by atoms with van der Waals surface area (Å²) in [6, 6.07) is 16.7. The highest BCUT2D eigenvalue weighted by molar-refractivity contribution is 5.95. The lowest BCUT2D eigenvalue weighted by Gasteiger charge is -2.16. The number of carbonyl (C=O) groups excluding carboxylic acids is 1. The molecule has 1 amide bonds. The number of carboxylic acid groups (broad SMARTS) is 1. The number of carboxylic acids is 1. The summed E-state index contributed by atoms with van der Waals surface area (Å²) in [7, 11) is 1.88. The van der Waals surface area contributed by atoms with Gasteiger partial charge in [-0.25, -0.2) is 14.8 Å². The van der Waals surface area contributed by atoms with Crippen LogP contribution in [-0.2, 0) is 27.9 Å². The van der Waals surface area contributed by atoms with Crippen LogP contribution in [0.25, 0.3) is 11.5 Å². The van der Waals surface area contributed by atoms with E-state index in [-0.39, 0.29) is 18.6 Å². The molecule has 0 fully saturated rings. The number of ether oxygens (including phenoxy) is 3. The molecule has 0 saturated carbocycles. The molecule has 0 saturated heterocycles. The van der Waals surface area contributed by atoms with E-state index in [4.69, 9.17) is 19.3 Å². The Hall–Kier alpha value is -4.88. The van der Waals surface area contributed by atoms with Crippen LogP contribution in [0.1, 0.15) is 60.4 Å². The second-order valence-electron chi connectivity index (χ2n) is 10.6. The van der Waals surface area contributed by atoms with Gasteiger partial charge >= 0.3 is 5.97 Å². The fourth-order valence-corrected chi connectivity index (χ4v) is 4.53. The molecule has 3 N–H and O–H groups in total. The van der Waals surface area contributed by atoms with Crippen LogP contribution in [0.5, 0.6) is 5.75 Å². The Balaban J connectivity index is 1.14. The number of aliphatic carboxylic acids is 1. The van der Waals surface area contributed by atoms with E-state index in [0.29, 0.717) is 56.5 Å². The van der Waals surface area contributed by atoms with Gasteiger partial charge in [0, 0.05) is 44.3 Å². The zero-order valence-corrected chi connectivity index (χ0v) is 26.2. The smallest absolute Gasteiger partial charge is 0.329 e. The molecule has 244 valence electrons. The Morgan fingerprint density at radius 1 is 0.935 bits per heavy atom. The molecule has 1 atom stereocenters. The van der Waals surface area contributed by atoms with Crippen molar-refractivity contribution in [3.05, 3.63) is 84.1 Å². The van der Waals surface area contributed by atoms with Crippen LogP contribution in [-0.4, -0.2) is 74.7 Å². The molecule has 2 heterocycles. The maximum Gasteiger partial charge on any atom is 0.329 e. The minimum atomic E-state index is -0.962. The van der Waals surface area contributed by atoms with Crippen LogP contribution in [0.3, 0.4) is 0 Å². The molecule has 0 spiro atoms. The van der Waals surface area contributed by atoms with Crippen molar-refractivity contribution in [2.75, 3.05) is 38.4 Å². The zero-order chi connectivity index (χ0) is 32.6. The molecular formula is C33H41N7O6. The number of unbranched alkanes of at least 4 members (excludes halogenated alkanes) is 2. The lowest BCUT2D eigenvalue weighted by atomic mass is 10.1. The number of anilines is 1. The van der Waals surface area contributed by atoms with Gasteiger partial charge in [0.25, 0.3) is 5.91 Å². The van der Waals surface area contributed by atoms with Gasteiger partial charge in [-0.1, -0.05) is 18.2 Å². The molecule has 4 rings (SSSR count). The minimum absolute atomic E-state index is 0.170. The molecule has 46 heavy (non-hydrogen) atoms. The second kappa shape index (κ2) is 18.2. The average molecular weight is 632 g/mol. The van der Waals surface area contributed by atoms with Crippen molar-refractivity contribution in [1.29, 1.82) is 0 Å². The third kappa shape index (κ3) is 10.9. The van der Waals surface area contributed by atoms with Crippen LogP contribution in [0.4, 0.5) is 5.69 Å². The number of nitrogens with one attached hydrogen (secondary N) is 2. The van der Waals surface area contributed by atoms with Crippen molar-refractivity contribution in [3.63, 3.8) is 0 Å². The number of hydrogen-bond donors (Lipinski definition) is 3. The molecule has 0 aliphatic rings. The van der Waals surface area contributed by atoms with E-state index < -0.39 is 5.97 Å². The first-order chi connectivity index (χ1) is 22.4. The van der Waals surface area contributed by atoms with Gasteiger partial charge in [-0.3, -0.25) is 4.79 Å². The largest absolute Gasteiger partial charge is 0.494 e. The first-order valence-electron chi connectivity index (χ1n) is 15.3. The van der Waals surface area contributed by atoms with E-state index >= 15 is 0 Å². The van der Waals surface area contributed by atoms with Crippen LogP contribution >= 0.6 is 0 Å². The lowest BCUT2D eigenvalue weighted by molar-refractivity contribution is -0.142. The van der Waals surface area contributed by atoms with Crippen molar-refractivity contribution < 1.29 is 28.9 Å². The van der Waals surface area contributed by atoms with Crippen molar-refractivity contribution in [3.8, 4) is 17.3 Å².